The highest BCUT2D eigenvalue weighted by molar-refractivity contribution is 9.10. The van der Waals surface area contributed by atoms with Gasteiger partial charge in [0.05, 0.1) is 11.9 Å². The topological polar surface area (TPSA) is 34.9 Å². The summed E-state index contributed by atoms with van der Waals surface area (Å²) in [4.78, 5) is 11.6. The fraction of sp³-hybridized carbons (Fsp3) is 0.0909. The normalized spacial score (nSPS) is 10.3. The summed E-state index contributed by atoms with van der Waals surface area (Å²) in [6, 6.07) is 9.00. The molecule has 2 aromatic rings. The van der Waals surface area contributed by atoms with E-state index in [-0.39, 0.29) is 5.56 Å². The Morgan fingerprint density at radius 2 is 1.93 bits per heavy atom. The van der Waals surface area contributed by atoms with E-state index in [0.717, 1.165) is 15.7 Å². The number of nitrogens with zero attached hydrogens (tertiary/aromatic N) is 2. The molecule has 0 aliphatic rings. The molecule has 2 rings (SSSR count). The van der Waals surface area contributed by atoms with E-state index >= 15 is 0 Å². The zero-order chi connectivity index (χ0) is 10.8. The van der Waals surface area contributed by atoms with Crippen LogP contribution in [0.5, 0.6) is 0 Å². The molecule has 0 aliphatic heterocycles. The van der Waals surface area contributed by atoms with Gasteiger partial charge in [0.15, 0.2) is 0 Å². The minimum absolute atomic E-state index is 0.114. The van der Waals surface area contributed by atoms with Crippen LogP contribution in [-0.2, 0) is 0 Å². The number of hydrogen-bond donors (Lipinski definition) is 0. The summed E-state index contributed by atoms with van der Waals surface area (Å²) in [6.45, 7) is 1.85. The van der Waals surface area contributed by atoms with Crippen molar-refractivity contribution in [2.45, 2.75) is 6.92 Å². The van der Waals surface area contributed by atoms with Crippen LogP contribution in [0.1, 0.15) is 5.56 Å². The van der Waals surface area contributed by atoms with Crippen molar-refractivity contribution in [3.05, 3.63) is 56.9 Å². The molecule has 76 valence electrons. The van der Waals surface area contributed by atoms with Crippen molar-refractivity contribution in [3.8, 4) is 5.69 Å². The Kier molecular flexibility index (Phi) is 2.68. The first-order chi connectivity index (χ1) is 7.16. The molecule has 1 aromatic heterocycles. The largest absolute Gasteiger partial charge is 0.271 e. The summed E-state index contributed by atoms with van der Waals surface area (Å²) in [6.07, 6.45) is 1.67. The smallest absolute Gasteiger partial charge is 0.267 e. The van der Waals surface area contributed by atoms with Crippen molar-refractivity contribution >= 4 is 15.9 Å². The summed E-state index contributed by atoms with van der Waals surface area (Å²) in [5.41, 5.74) is 1.52. The SMILES string of the molecule is Cc1cnn(-c2ccc(Br)cc2)c(=O)c1. The fourth-order valence-corrected chi connectivity index (χ4v) is 1.54. The zero-order valence-corrected chi connectivity index (χ0v) is 9.73. The maximum absolute atomic E-state index is 11.6. The first-order valence-electron chi connectivity index (χ1n) is 4.49. The van der Waals surface area contributed by atoms with E-state index in [9.17, 15) is 4.79 Å². The molecule has 0 spiro atoms. The molecule has 15 heavy (non-hydrogen) atoms. The van der Waals surface area contributed by atoms with E-state index < -0.39 is 0 Å². The molecule has 0 atom stereocenters. The molecule has 0 saturated carbocycles. The predicted molar refractivity (Wildman–Crippen MR) is 62.3 cm³/mol. The number of hydrogen-bond acceptors (Lipinski definition) is 2. The van der Waals surface area contributed by atoms with Crippen LogP contribution in [-0.4, -0.2) is 9.78 Å². The van der Waals surface area contributed by atoms with Gasteiger partial charge < -0.3 is 0 Å². The highest BCUT2D eigenvalue weighted by Gasteiger charge is 2.00. The fourth-order valence-electron chi connectivity index (χ4n) is 1.28. The highest BCUT2D eigenvalue weighted by atomic mass is 79.9. The lowest BCUT2D eigenvalue weighted by Crippen LogP contribution is -2.20. The van der Waals surface area contributed by atoms with Crippen LogP contribution in [0.4, 0.5) is 0 Å². The first kappa shape index (κ1) is 10.1. The lowest BCUT2D eigenvalue weighted by atomic mass is 10.3. The standard InChI is InChI=1S/C11H9BrN2O/c1-8-6-11(15)14(13-7-8)10-4-2-9(12)3-5-10/h2-7H,1H3. The molecule has 4 heteroatoms. The van der Waals surface area contributed by atoms with E-state index in [2.05, 4.69) is 21.0 Å². The molecule has 0 fully saturated rings. The van der Waals surface area contributed by atoms with Gasteiger partial charge in [0.2, 0.25) is 0 Å². The van der Waals surface area contributed by atoms with Crippen LogP contribution in [0.25, 0.3) is 5.69 Å². The molecule has 1 aromatic carbocycles. The second-order valence-corrected chi connectivity index (χ2v) is 4.18. The number of halogens is 1. The van der Waals surface area contributed by atoms with Crippen molar-refractivity contribution in [1.82, 2.24) is 9.78 Å². The molecule has 0 saturated heterocycles. The van der Waals surface area contributed by atoms with Gasteiger partial charge in [-0.05, 0) is 36.8 Å². The van der Waals surface area contributed by atoms with Crippen LogP contribution < -0.4 is 5.56 Å². The van der Waals surface area contributed by atoms with Gasteiger partial charge in [0.1, 0.15) is 0 Å². The number of benzene rings is 1. The Labute approximate surface area is 95.5 Å². The third-order valence-corrected chi connectivity index (χ3v) is 2.54. The average molecular weight is 265 g/mol. The number of aryl methyl sites for hydroxylation is 1. The number of aromatic nitrogens is 2. The monoisotopic (exact) mass is 264 g/mol. The maximum Gasteiger partial charge on any atom is 0.271 e. The Morgan fingerprint density at radius 3 is 2.53 bits per heavy atom. The molecule has 0 amide bonds. The number of rotatable bonds is 1. The van der Waals surface area contributed by atoms with Crippen LogP contribution in [0.3, 0.4) is 0 Å². The molecule has 1 heterocycles. The van der Waals surface area contributed by atoms with Gasteiger partial charge in [-0.2, -0.15) is 9.78 Å². The van der Waals surface area contributed by atoms with Gasteiger partial charge in [0, 0.05) is 10.5 Å². The summed E-state index contributed by atoms with van der Waals surface area (Å²) in [5, 5.41) is 4.07. The quantitative estimate of drug-likeness (QED) is 0.793. The summed E-state index contributed by atoms with van der Waals surface area (Å²) < 4.78 is 2.35. The van der Waals surface area contributed by atoms with Crippen molar-refractivity contribution in [2.75, 3.05) is 0 Å². The summed E-state index contributed by atoms with van der Waals surface area (Å²) in [7, 11) is 0. The van der Waals surface area contributed by atoms with Crippen LogP contribution in [0.15, 0.2) is 45.8 Å². The third-order valence-electron chi connectivity index (χ3n) is 2.01. The van der Waals surface area contributed by atoms with E-state index in [1.54, 1.807) is 12.3 Å². The Morgan fingerprint density at radius 1 is 1.27 bits per heavy atom. The minimum atomic E-state index is -0.114. The molecule has 0 unspecified atom stereocenters. The van der Waals surface area contributed by atoms with Gasteiger partial charge in [0.25, 0.3) is 5.56 Å². The van der Waals surface area contributed by atoms with Crippen molar-refractivity contribution in [2.24, 2.45) is 0 Å². The van der Waals surface area contributed by atoms with E-state index in [0.29, 0.717) is 0 Å². The minimum Gasteiger partial charge on any atom is -0.267 e. The van der Waals surface area contributed by atoms with E-state index in [1.165, 1.54) is 4.68 Å². The molecular formula is C11H9BrN2O. The predicted octanol–water partition coefficient (Wildman–Crippen LogP) is 2.30. The second kappa shape index (κ2) is 3.98. The molecule has 3 nitrogen and oxygen atoms in total. The van der Waals surface area contributed by atoms with E-state index in [1.807, 2.05) is 31.2 Å². The Hall–Kier alpha value is -1.42. The first-order valence-corrected chi connectivity index (χ1v) is 5.28. The van der Waals surface area contributed by atoms with Gasteiger partial charge in [-0.15, -0.1) is 0 Å². The Balaban J connectivity index is 2.55. The average Bonchev–Trinajstić information content (AvgIpc) is 2.20. The van der Waals surface area contributed by atoms with E-state index in [4.69, 9.17) is 0 Å². The van der Waals surface area contributed by atoms with Gasteiger partial charge in [-0.1, -0.05) is 15.9 Å². The van der Waals surface area contributed by atoms with Crippen molar-refractivity contribution < 1.29 is 0 Å². The van der Waals surface area contributed by atoms with Gasteiger partial charge in [-0.25, -0.2) is 0 Å². The van der Waals surface area contributed by atoms with Crippen LogP contribution in [0.2, 0.25) is 0 Å². The zero-order valence-electron chi connectivity index (χ0n) is 8.14. The maximum atomic E-state index is 11.6. The summed E-state index contributed by atoms with van der Waals surface area (Å²) in [5.74, 6) is 0. The Bertz CT molecular complexity index is 531. The lowest BCUT2D eigenvalue weighted by Gasteiger charge is -2.03. The lowest BCUT2D eigenvalue weighted by molar-refractivity contribution is 0.800. The van der Waals surface area contributed by atoms with Crippen LogP contribution in [0, 0.1) is 6.92 Å². The third kappa shape index (κ3) is 2.15. The molecular weight excluding hydrogens is 256 g/mol. The molecule has 0 bridgehead atoms. The summed E-state index contributed by atoms with van der Waals surface area (Å²) >= 11 is 3.34. The molecule has 0 N–H and O–H groups in total. The van der Waals surface area contributed by atoms with Crippen molar-refractivity contribution in [1.29, 1.82) is 0 Å². The molecule has 0 radical (unpaired) electrons. The van der Waals surface area contributed by atoms with Gasteiger partial charge >= 0.3 is 0 Å². The van der Waals surface area contributed by atoms with Crippen LogP contribution >= 0.6 is 15.9 Å². The molecule has 0 aliphatic carbocycles. The van der Waals surface area contributed by atoms with Gasteiger partial charge in [-0.3, -0.25) is 4.79 Å². The highest BCUT2D eigenvalue weighted by Crippen LogP contribution is 2.11. The second-order valence-electron chi connectivity index (χ2n) is 3.26. The van der Waals surface area contributed by atoms with Crippen molar-refractivity contribution in [3.63, 3.8) is 0 Å².